The predicted molar refractivity (Wildman–Crippen MR) is 172 cm³/mol. The van der Waals surface area contributed by atoms with Crippen molar-refractivity contribution < 1.29 is 0 Å². The van der Waals surface area contributed by atoms with E-state index in [1.165, 1.54) is 69.9 Å². The van der Waals surface area contributed by atoms with Crippen LogP contribution >= 0.6 is 27.3 Å². The van der Waals surface area contributed by atoms with Crippen LogP contribution < -0.4 is 0 Å². The van der Waals surface area contributed by atoms with Gasteiger partial charge in [0.05, 0.1) is 16.7 Å². The summed E-state index contributed by atoms with van der Waals surface area (Å²) in [6.07, 6.45) is 0. The second-order valence-electron chi connectivity index (χ2n) is 9.89. The van der Waals surface area contributed by atoms with Crippen LogP contribution in [0, 0.1) is 0 Å². The molecule has 0 fully saturated rings. The monoisotopic (exact) mass is 579 g/mol. The quantitative estimate of drug-likeness (QED) is 0.196. The molecule has 39 heavy (non-hydrogen) atoms. The van der Waals surface area contributed by atoms with Crippen molar-refractivity contribution in [3.05, 3.63) is 138 Å². The number of rotatable bonds is 3. The van der Waals surface area contributed by atoms with Crippen molar-refractivity contribution in [2.75, 3.05) is 0 Å². The molecule has 0 atom stereocenters. The van der Waals surface area contributed by atoms with Crippen LogP contribution in [0.5, 0.6) is 0 Å². The molecule has 0 aliphatic carbocycles. The summed E-state index contributed by atoms with van der Waals surface area (Å²) >= 11 is 5.57. The van der Waals surface area contributed by atoms with Crippen molar-refractivity contribution in [1.82, 2.24) is 4.57 Å². The van der Waals surface area contributed by atoms with Crippen LogP contribution in [0.3, 0.4) is 0 Å². The van der Waals surface area contributed by atoms with Crippen molar-refractivity contribution in [1.29, 1.82) is 0 Å². The van der Waals surface area contributed by atoms with E-state index in [0.29, 0.717) is 0 Å². The summed E-state index contributed by atoms with van der Waals surface area (Å²) in [5.41, 5.74) is 8.53. The van der Waals surface area contributed by atoms with E-state index in [9.17, 15) is 0 Å². The van der Waals surface area contributed by atoms with Crippen LogP contribution in [0.25, 0.3) is 69.9 Å². The Labute approximate surface area is 238 Å². The van der Waals surface area contributed by atoms with E-state index in [1.54, 1.807) is 0 Å². The van der Waals surface area contributed by atoms with Gasteiger partial charge in [0.1, 0.15) is 0 Å². The molecule has 3 heteroatoms. The van der Waals surface area contributed by atoms with Crippen LogP contribution in [0.15, 0.2) is 138 Å². The Bertz CT molecular complexity index is 2180. The second-order valence-corrected chi connectivity index (χ2v) is 11.8. The maximum Gasteiger partial charge on any atom is 0.0555 e. The van der Waals surface area contributed by atoms with Gasteiger partial charge in [0, 0.05) is 35.4 Å². The van der Waals surface area contributed by atoms with Crippen molar-refractivity contribution in [3.8, 4) is 27.9 Å². The molecule has 0 N–H and O–H groups in total. The van der Waals surface area contributed by atoms with E-state index >= 15 is 0 Å². The molecular formula is C36H22BrNS. The van der Waals surface area contributed by atoms with E-state index in [2.05, 4.69) is 154 Å². The summed E-state index contributed by atoms with van der Waals surface area (Å²) in [7, 11) is 0. The first-order chi connectivity index (χ1) is 19.3. The van der Waals surface area contributed by atoms with Crippen LogP contribution in [-0.2, 0) is 0 Å². The fourth-order valence-electron chi connectivity index (χ4n) is 5.89. The Balaban J connectivity index is 1.36. The lowest BCUT2D eigenvalue weighted by molar-refractivity contribution is 1.20. The zero-order valence-electron chi connectivity index (χ0n) is 20.9. The minimum absolute atomic E-state index is 1.11. The van der Waals surface area contributed by atoms with Crippen molar-refractivity contribution >= 4 is 69.2 Å². The van der Waals surface area contributed by atoms with Crippen molar-refractivity contribution in [2.45, 2.75) is 0 Å². The van der Waals surface area contributed by atoms with Gasteiger partial charge in [-0.2, -0.15) is 0 Å². The van der Waals surface area contributed by atoms with Crippen molar-refractivity contribution in [3.63, 3.8) is 0 Å². The molecule has 0 spiro atoms. The molecule has 0 radical (unpaired) electrons. The van der Waals surface area contributed by atoms with Gasteiger partial charge in [-0.25, -0.2) is 0 Å². The Hall–Kier alpha value is -4.18. The summed E-state index contributed by atoms with van der Waals surface area (Å²) in [5, 5.41) is 5.19. The number of aromatic nitrogens is 1. The second kappa shape index (κ2) is 8.94. The molecule has 2 heterocycles. The maximum atomic E-state index is 3.70. The summed E-state index contributed by atoms with van der Waals surface area (Å²) in [4.78, 5) is 0. The third-order valence-corrected chi connectivity index (χ3v) is 9.53. The number of fused-ring (bicyclic) bond motifs is 6. The number of thiophene rings is 1. The molecular weight excluding hydrogens is 558 g/mol. The van der Waals surface area contributed by atoms with Crippen LogP contribution in [0.1, 0.15) is 0 Å². The third kappa shape index (κ3) is 3.58. The van der Waals surface area contributed by atoms with Crippen LogP contribution in [0.2, 0.25) is 0 Å². The van der Waals surface area contributed by atoms with Gasteiger partial charge in [0.25, 0.3) is 0 Å². The maximum absolute atomic E-state index is 3.70. The normalized spacial score (nSPS) is 11.7. The highest BCUT2D eigenvalue weighted by Crippen LogP contribution is 2.41. The third-order valence-electron chi connectivity index (χ3n) is 7.70. The van der Waals surface area contributed by atoms with E-state index in [-0.39, 0.29) is 0 Å². The number of nitrogens with zero attached hydrogens (tertiary/aromatic N) is 1. The first-order valence-corrected chi connectivity index (χ1v) is 14.7. The molecule has 0 saturated heterocycles. The van der Waals surface area contributed by atoms with E-state index in [4.69, 9.17) is 0 Å². The number of halogens is 1. The molecule has 0 saturated carbocycles. The zero-order valence-corrected chi connectivity index (χ0v) is 23.3. The fraction of sp³-hybridized carbons (Fsp3) is 0. The average molecular weight is 581 g/mol. The molecule has 0 bridgehead atoms. The molecule has 0 aliphatic rings. The van der Waals surface area contributed by atoms with Gasteiger partial charge in [-0.15, -0.1) is 11.3 Å². The number of hydrogen-bond donors (Lipinski definition) is 0. The number of para-hydroxylation sites is 1. The van der Waals surface area contributed by atoms with Crippen LogP contribution in [-0.4, -0.2) is 4.57 Å². The summed E-state index contributed by atoms with van der Waals surface area (Å²) in [6.45, 7) is 0. The highest BCUT2D eigenvalue weighted by atomic mass is 79.9. The highest BCUT2D eigenvalue weighted by Gasteiger charge is 2.17. The number of hydrogen-bond acceptors (Lipinski definition) is 1. The van der Waals surface area contributed by atoms with Crippen LogP contribution in [0.4, 0.5) is 0 Å². The van der Waals surface area contributed by atoms with E-state index < -0.39 is 0 Å². The van der Waals surface area contributed by atoms with Crippen molar-refractivity contribution in [2.24, 2.45) is 0 Å². The lowest BCUT2D eigenvalue weighted by Crippen LogP contribution is -1.94. The molecule has 6 aromatic carbocycles. The lowest BCUT2D eigenvalue weighted by Gasteiger charge is -2.11. The molecule has 184 valence electrons. The molecule has 2 aromatic heterocycles. The largest absolute Gasteiger partial charge is 0.309 e. The topological polar surface area (TPSA) is 4.93 Å². The van der Waals surface area contributed by atoms with E-state index in [1.807, 2.05) is 11.3 Å². The molecule has 8 aromatic rings. The predicted octanol–water partition coefficient (Wildman–Crippen LogP) is 11.2. The Morgan fingerprint density at radius 1 is 0.487 bits per heavy atom. The van der Waals surface area contributed by atoms with E-state index in [0.717, 1.165) is 4.47 Å². The molecule has 0 aliphatic heterocycles. The summed E-state index contributed by atoms with van der Waals surface area (Å²) in [6, 6.07) is 48.4. The minimum atomic E-state index is 1.11. The SMILES string of the molecule is Brc1ccccc1-c1ccc(-c2ccc3c4ccccc4n(-c4cccc5sc6ccccc6c45)c3c2)cc1. The smallest absolute Gasteiger partial charge is 0.0555 e. The molecule has 1 nitrogen and oxygen atoms in total. The Kier molecular flexibility index (Phi) is 5.22. The average Bonchev–Trinajstić information content (AvgIpc) is 3.53. The zero-order chi connectivity index (χ0) is 25.9. The molecule has 8 rings (SSSR count). The van der Waals surface area contributed by atoms with Gasteiger partial charge < -0.3 is 4.57 Å². The summed E-state index contributed by atoms with van der Waals surface area (Å²) < 4.78 is 6.22. The van der Waals surface area contributed by atoms with Gasteiger partial charge in [-0.3, -0.25) is 0 Å². The summed E-state index contributed by atoms with van der Waals surface area (Å²) in [5.74, 6) is 0. The highest BCUT2D eigenvalue weighted by molar-refractivity contribution is 9.10. The Morgan fingerprint density at radius 2 is 1.15 bits per heavy atom. The molecule has 0 unspecified atom stereocenters. The fourth-order valence-corrected chi connectivity index (χ4v) is 7.53. The Morgan fingerprint density at radius 3 is 2.03 bits per heavy atom. The van der Waals surface area contributed by atoms with Gasteiger partial charge in [0.2, 0.25) is 0 Å². The van der Waals surface area contributed by atoms with Gasteiger partial charge in [-0.05, 0) is 58.7 Å². The first-order valence-electron chi connectivity index (χ1n) is 13.1. The lowest BCUT2D eigenvalue weighted by atomic mass is 9.99. The van der Waals surface area contributed by atoms with Gasteiger partial charge >= 0.3 is 0 Å². The molecule has 0 amide bonds. The minimum Gasteiger partial charge on any atom is -0.309 e. The first kappa shape index (κ1) is 22.8. The van der Waals surface area contributed by atoms with Gasteiger partial charge in [0.15, 0.2) is 0 Å². The standard InChI is InChI=1S/C36H22BrNS/c37-30-11-4-1-8-26(30)24-18-16-23(17-19-24)25-20-21-28-27-9-2-5-12-31(27)38(33(28)22-25)32-13-7-15-35-36(32)29-10-3-6-14-34(29)39-35/h1-22H. The number of benzene rings is 6. The van der Waals surface area contributed by atoms with Gasteiger partial charge in [-0.1, -0.05) is 113 Å².